The number of aromatic nitrogens is 3. The Kier molecular flexibility index (Phi) is 1.58. The smallest absolute Gasteiger partial charge is 0.242 e. The molecule has 0 spiro atoms. The molecule has 0 saturated heterocycles. The Morgan fingerprint density at radius 2 is 2.45 bits per heavy atom. The molecule has 0 radical (unpaired) electrons. The highest BCUT2D eigenvalue weighted by atomic mass is 35.5. The third kappa shape index (κ3) is 1.12. The molecule has 0 aliphatic carbocycles. The largest absolute Gasteiger partial charge is 0.310 e. The first-order valence-corrected chi connectivity index (χ1v) is 4.01. The van der Waals surface area contributed by atoms with Crippen molar-refractivity contribution in [2.24, 2.45) is 5.73 Å². The fraction of sp³-hybridized carbons (Fsp3) is 0.667. The Morgan fingerprint density at radius 1 is 1.64 bits per heavy atom. The predicted octanol–water partition coefficient (Wildman–Crippen LogP) is 0.725. The molecule has 0 fully saturated rings. The Bertz CT molecular complexity index is 270. The standard InChI is InChI=1S/C6H9ClN4/c7-6-9-5-3-1-2-4(8)11(5)10-6/h4H,1-3,8H2. The molecule has 0 amide bonds. The van der Waals surface area contributed by atoms with Crippen LogP contribution in [0, 0.1) is 0 Å². The second-order valence-electron chi connectivity index (χ2n) is 2.70. The van der Waals surface area contributed by atoms with E-state index in [9.17, 15) is 0 Å². The van der Waals surface area contributed by atoms with Crippen LogP contribution >= 0.6 is 11.6 Å². The van der Waals surface area contributed by atoms with Gasteiger partial charge in [-0.1, -0.05) is 0 Å². The van der Waals surface area contributed by atoms with Crippen LogP contribution in [0.5, 0.6) is 0 Å². The van der Waals surface area contributed by atoms with Gasteiger partial charge >= 0.3 is 0 Å². The van der Waals surface area contributed by atoms with E-state index in [1.807, 2.05) is 0 Å². The molecular weight excluding hydrogens is 164 g/mol. The summed E-state index contributed by atoms with van der Waals surface area (Å²) in [6, 6.07) is 0. The van der Waals surface area contributed by atoms with Gasteiger partial charge in [0.25, 0.3) is 0 Å². The minimum Gasteiger partial charge on any atom is -0.310 e. The van der Waals surface area contributed by atoms with Crippen LogP contribution in [0.1, 0.15) is 24.8 Å². The van der Waals surface area contributed by atoms with Crippen molar-refractivity contribution >= 4 is 11.6 Å². The zero-order chi connectivity index (χ0) is 7.84. The second-order valence-corrected chi connectivity index (χ2v) is 3.04. The van der Waals surface area contributed by atoms with Gasteiger partial charge in [-0.3, -0.25) is 0 Å². The lowest BCUT2D eigenvalue weighted by molar-refractivity contribution is 0.372. The molecule has 5 heteroatoms. The quantitative estimate of drug-likeness (QED) is 0.628. The summed E-state index contributed by atoms with van der Waals surface area (Å²) in [6.45, 7) is 0. The molecule has 11 heavy (non-hydrogen) atoms. The van der Waals surface area contributed by atoms with Gasteiger partial charge in [-0.05, 0) is 24.4 Å². The number of nitrogens with zero attached hydrogens (tertiary/aromatic N) is 3. The molecule has 2 N–H and O–H groups in total. The van der Waals surface area contributed by atoms with Crippen LogP contribution in [0.2, 0.25) is 5.28 Å². The number of nitrogens with two attached hydrogens (primary N) is 1. The maximum absolute atomic E-state index is 5.76. The first kappa shape index (κ1) is 7.06. The van der Waals surface area contributed by atoms with Crippen LogP contribution < -0.4 is 5.73 Å². The van der Waals surface area contributed by atoms with Crippen molar-refractivity contribution in [3.63, 3.8) is 0 Å². The average Bonchev–Trinajstić information content (AvgIpc) is 2.31. The zero-order valence-corrected chi connectivity index (χ0v) is 6.75. The van der Waals surface area contributed by atoms with E-state index in [1.54, 1.807) is 4.68 Å². The van der Waals surface area contributed by atoms with Gasteiger partial charge in [0.2, 0.25) is 5.28 Å². The van der Waals surface area contributed by atoms with E-state index in [4.69, 9.17) is 17.3 Å². The Labute approximate surface area is 69.4 Å². The molecule has 1 aliphatic heterocycles. The topological polar surface area (TPSA) is 56.7 Å². The molecule has 1 unspecified atom stereocenters. The molecule has 2 heterocycles. The van der Waals surface area contributed by atoms with Crippen molar-refractivity contribution in [3.05, 3.63) is 11.1 Å². The summed E-state index contributed by atoms with van der Waals surface area (Å²) in [5.74, 6) is 0.911. The summed E-state index contributed by atoms with van der Waals surface area (Å²) in [5, 5.41) is 4.28. The summed E-state index contributed by atoms with van der Waals surface area (Å²) in [6.07, 6.45) is 2.95. The van der Waals surface area contributed by atoms with Gasteiger partial charge in [0.05, 0.1) is 0 Å². The van der Waals surface area contributed by atoms with Crippen molar-refractivity contribution in [1.29, 1.82) is 0 Å². The van der Waals surface area contributed by atoms with Crippen LogP contribution in [0.25, 0.3) is 0 Å². The predicted molar refractivity (Wildman–Crippen MR) is 41.2 cm³/mol. The third-order valence-electron chi connectivity index (χ3n) is 1.89. The maximum Gasteiger partial charge on any atom is 0.242 e. The van der Waals surface area contributed by atoms with Gasteiger partial charge < -0.3 is 5.73 Å². The van der Waals surface area contributed by atoms with E-state index in [0.29, 0.717) is 5.28 Å². The molecular formula is C6H9ClN4. The van der Waals surface area contributed by atoms with Gasteiger partial charge in [-0.15, -0.1) is 5.10 Å². The minimum atomic E-state index is -0.0289. The third-order valence-corrected chi connectivity index (χ3v) is 2.05. The van der Waals surface area contributed by atoms with Gasteiger partial charge in [0.1, 0.15) is 12.0 Å². The highest BCUT2D eigenvalue weighted by Crippen LogP contribution is 2.19. The highest BCUT2D eigenvalue weighted by Gasteiger charge is 2.18. The molecule has 0 bridgehead atoms. The second kappa shape index (κ2) is 2.46. The molecule has 1 aromatic heterocycles. The lowest BCUT2D eigenvalue weighted by atomic mass is 10.1. The van der Waals surface area contributed by atoms with E-state index in [-0.39, 0.29) is 6.17 Å². The van der Waals surface area contributed by atoms with Crippen molar-refractivity contribution in [3.8, 4) is 0 Å². The van der Waals surface area contributed by atoms with Crippen LogP contribution in [-0.4, -0.2) is 14.8 Å². The van der Waals surface area contributed by atoms with E-state index in [1.165, 1.54) is 0 Å². The van der Waals surface area contributed by atoms with E-state index < -0.39 is 0 Å². The van der Waals surface area contributed by atoms with Crippen molar-refractivity contribution in [2.75, 3.05) is 0 Å². The van der Waals surface area contributed by atoms with Crippen molar-refractivity contribution < 1.29 is 0 Å². The van der Waals surface area contributed by atoms with Crippen LogP contribution in [0.4, 0.5) is 0 Å². The Hall–Kier alpha value is -0.610. The number of hydrogen-bond acceptors (Lipinski definition) is 3. The summed E-state index contributed by atoms with van der Waals surface area (Å²) < 4.78 is 1.71. The van der Waals surface area contributed by atoms with E-state index in [2.05, 4.69) is 10.1 Å². The number of fused-ring (bicyclic) bond motifs is 1. The van der Waals surface area contributed by atoms with Gasteiger partial charge in [0.15, 0.2) is 0 Å². The molecule has 2 rings (SSSR count). The van der Waals surface area contributed by atoms with Crippen LogP contribution in [0.3, 0.4) is 0 Å². The van der Waals surface area contributed by atoms with Crippen molar-refractivity contribution in [1.82, 2.24) is 14.8 Å². The van der Waals surface area contributed by atoms with E-state index in [0.717, 1.165) is 25.1 Å². The average molecular weight is 173 g/mol. The maximum atomic E-state index is 5.76. The van der Waals surface area contributed by atoms with Crippen LogP contribution in [-0.2, 0) is 6.42 Å². The summed E-state index contributed by atoms with van der Waals surface area (Å²) in [7, 11) is 0. The molecule has 60 valence electrons. The number of hydrogen-bond donors (Lipinski definition) is 1. The summed E-state index contributed by atoms with van der Waals surface area (Å²) in [4.78, 5) is 4.04. The SMILES string of the molecule is NC1CCCc2nc(Cl)nn21. The van der Waals surface area contributed by atoms with Gasteiger partial charge in [0, 0.05) is 6.42 Å². The molecule has 0 aromatic carbocycles. The number of aryl methyl sites for hydroxylation is 1. The lowest BCUT2D eigenvalue weighted by Crippen LogP contribution is -2.25. The molecule has 1 atom stereocenters. The van der Waals surface area contributed by atoms with E-state index >= 15 is 0 Å². The summed E-state index contributed by atoms with van der Waals surface area (Å²) in [5.41, 5.74) is 5.76. The van der Waals surface area contributed by atoms with Crippen molar-refractivity contribution in [2.45, 2.75) is 25.4 Å². The number of rotatable bonds is 0. The number of halogens is 1. The first-order chi connectivity index (χ1) is 5.27. The lowest BCUT2D eigenvalue weighted by Gasteiger charge is -2.18. The van der Waals surface area contributed by atoms with Gasteiger partial charge in [-0.25, -0.2) is 9.67 Å². The zero-order valence-electron chi connectivity index (χ0n) is 6.00. The van der Waals surface area contributed by atoms with Gasteiger partial charge in [-0.2, -0.15) is 0 Å². The highest BCUT2D eigenvalue weighted by molar-refractivity contribution is 6.28. The Morgan fingerprint density at radius 3 is 3.18 bits per heavy atom. The molecule has 1 aliphatic rings. The molecule has 1 aromatic rings. The fourth-order valence-corrected chi connectivity index (χ4v) is 1.53. The normalized spacial score (nSPS) is 23.3. The molecule has 4 nitrogen and oxygen atoms in total. The molecule has 0 saturated carbocycles. The Balaban J connectivity index is 2.43. The summed E-state index contributed by atoms with van der Waals surface area (Å²) >= 11 is 5.62. The fourth-order valence-electron chi connectivity index (χ4n) is 1.35. The minimum absolute atomic E-state index is 0.0289. The first-order valence-electron chi connectivity index (χ1n) is 3.64. The van der Waals surface area contributed by atoms with Crippen LogP contribution in [0.15, 0.2) is 0 Å². The monoisotopic (exact) mass is 172 g/mol.